The first kappa shape index (κ1) is 18.0. The van der Waals surface area contributed by atoms with E-state index in [0.717, 1.165) is 43.7 Å². The van der Waals surface area contributed by atoms with Gasteiger partial charge in [-0.3, -0.25) is 0 Å². The summed E-state index contributed by atoms with van der Waals surface area (Å²) in [4.78, 5) is 5.98. The molecule has 0 amide bonds. The van der Waals surface area contributed by atoms with Crippen molar-refractivity contribution in [3.8, 4) is 11.5 Å². The van der Waals surface area contributed by atoms with E-state index in [0.29, 0.717) is 23.7 Å². The van der Waals surface area contributed by atoms with Crippen LogP contribution in [0.25, 0.3) is 0 Å². The van der Waals surface area contributed by atoms with E-state index < -0.39 is 5.60 Å². The topological polar surface area (TPSA) is 47.9 Å². The Morgan fingerprint density at radius 1 is 1.35 bits per heavy atom. The molecule has 0 radical (unpaired) electrons. The van der Waals surface area contributed by atoms with E-state index in [-0.39, 0.29) is 0 Å². The van der Waals surface area contributed by atoms with Gasteiger partial charge in [0, 0.05) is 0 Å². The van der Waals surface area contributed by atoms with Gasteiger partial charge in [0.15, 0.2) is 0 Å². The minimum Gasteiger partial charge on any atom is -0.508 e. The maximum absolute atomic E-state index is 9.94. The first-order chi connectivity index (χ1) is 10.8. The first-order valence-corrected chi connectivity index (χ1v) is 8.41. The Labute approximate surface area is 139 Å². The number of benzene rings is 1. The number of phenols is 1. The van der Waals surface area contributed by atoms with Gasteiger partial charge in [-0.2, -0.15) is 9.48 Å². The average molecular weight is 324 g/mol. The zero-order valence-electron chi connectivity index (χ0n) is 14.8. The fourth-order valence-corrected chi connectivity index (χ4v) is 2.53. The molecule has 1 atom stereocenters. The smallest absolute Gasteiger partial charge is 0.213 e. The van der Waals surface area contributed by atoms with Crippen LogP contribution >= 0.6 is 0 Å². The minimum atomic E-state index is -0.456. The lowest BCUT2D eigenvalue weighted by Gasteiger charge is -2.31. The number of hydrogen-bond donors (Lipinski definition) is 1. The number of aromatic hydroxyl groups is 1. The number of nitrogens with zero attached hydrogens (tertiary/aromatic N) is 1. The number of unbranched alkanes of at least 4 members (excludes halogenated alkanes) is 1. The van der Waals surface area contributed by atoms with Gasteiger partial charge in [-0.25, -0.2) is 0 Å². The second kappa shape index (κ2) is 7.51. The van der Waals surface area contributed by atoms with Gasteiger partial charge in [0.2, 0.25) is 6.73 Å². The highest BCUT2D eigenvalue weighted by Gasteiger charge is 2.33. The number of hydrogen-bond acceptors (Lipinski definition) is 4. The molecule has 1 heterocycles. The molecule has 1 saturated heterocycles. The Kier molecular flexibility index (Phi) is 5.89. The lowest BCUT2D eigenvalue weighted by atomic mass is 10.1. The second-order valence-electron chi connectivity index (χ2n) is 7.09. The summed E-state index contributed by atoms with van der Waals surface area (Å²) in [5.74, 6) is 1.11. The number of likely N-dealkylation sites (N-methyl/N-ethyl adjacent to an activating group) is 1. The maximum atomic E-state index is 9.94. The highest BCUT2D eigenvalue weighted by molar-refractivity contribution is 5.39. The van der Waals surface area contributed by atoms with Crippen molar-refractivity contribution < 1.29 is 24.1 Å². The van der Waals surface area contributed by atoms with Crippen LogP contribution in [0.2, 0.25) is 0 Å². The predicted molar refractivity (Wildman–Crippen MR) is 89.2 cm³/mol. The molecule has 0 spiro atoms. The number of ether oxygens (including phenoxy) is 2. The molecule has 0 saturated carbocycles. The van der Waals surface area contributed by atoms with Gasteiger partial charge in [-0.1, -0.05) is 13.3 Å². The molecule has 130 valence electrons. The molecular formula is C18H30NO4+. The van der Waals surface area contributed by atoms with Crippen LogP contribution < -0.4 is 4.74 Å². The highest BCUT2D eigenvalue weighted by Crippen LogP contribution is 2.27. The second-order valence-corrected chi connectivity index (χ2v) is 7.09. The maximum Gasteiger partial charge on any atom is 0.213 e. The summed E-state index contributed by atoms with van der Waals surface area (Å²) in [6.45, 7) is 8.80. The molecular weight excluding hydrogens is 294 g/mol. The molecule has 1 N–H and O–H groups in total. The zero-order chi connectivity index (χ0) is 16.9. The predicted octanol–water partition coefficient (Wildman–Crippen LogP) is 3.26. The quantitative estimate of drug-likeness (QED) is 0.746. The Hall–Kier alpha value is -1.30. The summed E-state index contributed by atoms with van der Waals surface area (Å²) in [7, 11) is 2.02. The Balaban J connectivity index is 1.96. The van der Waals surface area contributed by atoms with Crippen molar-refractivity contribution in [1.29, 1.82) is 0 Å². The molecule has 1 aromatic carbocycles. The standard InChI is InChI=1S/C18H29NO4/c1-5-6-7-15-12-16(8-9-17(15)20)23-18(2,3)13-22-19(4)10-11-21-14-19/h8-9,12H,5-7,10-11,13-14H2,1-4H3/p+1. The van der Waals surface area contributed by atoms with Gasteiger partial charge in [0.1, 0.15) is 43.9 Å². The van der Waals surface area contributed by atoms with Crippen molar-refractivity contribution in [3.05, 3.63) is 23.8 Å². The number of rotatable bonds is 8. The first-order valence-electron chi connectivity index (χ1n) is 8.41. The van der Waals surface area contributed by atoms with Crippen LogP contribution in [0.5, 0.6) is 11.5 Å². The number of quaternary nitrogens is 1. The van der Waals surface area contributed by atoms with E-state index in [4.69, 9.17) is 14.3 Å². The summed E-state index contributed by atoms with van der Waals surface area (Å²) in [6, 6.07) is 5.45. The van der Waals surface area contributed by atoms with Gasteiger partial charge >= 0.3 is 0 Å². The van der Waals surface area contributed by atoms with Gasteiger partial charge in [-0.05, 0) is 50.5 Å². The zero-order valence-corrected chi connectivity index (χ0v) is 14.8. The highest BCUT2D eigenvalue weighted by atomic mass is 16.8. The van der Waals surface area contributed by atoms with E-state index in [1.54, 1.807) is 6.07 Å². The molecule has 2 rings (SSSR count). The van der Waals surface area contributed by atoms with Crippen molar-refractivity contribution in [2.45, 2.75) is 45.6 Å². The van der Waals surface area contributed by atoms with Crippen LogP contribution in [0.15, 0.2) is 18.2 Å². The molecule has 1 unspecified atom stereocenters. The Bertz CT molecular complexity index is 510. The third kappa shape index (κ3) is 5.37. The van der Waals surface area contributed by atoms with E-state index in [1.807, 2.05) is 33.0 Å². The van der Waals surface area contributed by atoms with Crippen molar-refractivity contribution in [2.75, 3.05) is 33.5 Å². The van der Waals surface area contributed by atoms with Crippen LogP contribution in [-0.2, 0) is 16.0 Å². The van der Waals surface area contributed by atoms with Crippen LogP contribution in [-0.4, -0.2) is 48.9 Å². The van der Waals surface area contributed by atoms with Crippen molar-refractivity contribution in [1.82, 2.24) is 0 Å². The molecule has 5 heteroatoms. The fourth-order valence-electron chi connectivity index (χ4n) is 2.53. The summed E-state index contributed by atoms with van der Waals surface area (Å²) >= 11 is 0. The van der Waals surface area contributed by atoms with Crippen molar-refractivity contribution in [3.63, 3.8) is 0 Å². The SMILES string of the molecule is CCCCc1cc(OC(C)(C)CO[N+]2(C)CCOC2)ccc1O. The fraction of sp³-hybridized carbons (Fsp3) is 0.667. The normalized spacial score (nSPS) is 21.6. The number of hydroxylamine groups is 3. The van der Waals surface area contributed by atoms with Crippen LogP contribution in [0.1, 0.15) is 39.2 Å². The third-order valence-corrected chi connectivity index (χ3v) is 4.04. The molecule has 23 heavy (non-hydrogen) atoms. The van der Waals surface area contributed by atoms with Gasteiger partial charge in [0.05, 0.1) is 0 Å². The van der Waals surface area contributed by atoms with E-state index >= 15 is 0 Å². The Morgan fingerprint density at radius 2 is 2.13 bits per heavy atom. The number of aryl methyl sites for hydroxylation is 1. The molecule has 0 aliphatic carbocycles. The van der Waals surface area contributed by atoms with Gasteiger partial charge in [0.25, 0.3) is 0 Å². The molecule has 0 bridgehead atoms. The summed E-state index contributed by atoms with van der Waals surface area (Å²) in [5, 5.41) is 9.94. The summed E-state index contributed by atoms with van der Waals surface area (Å²) in [6.07, 6.45) is 3.02. The molecule has 1 aliphatic heterocycles. The Morgan fingerprint density at radius 3 is 2.78 bits per heavy atom. The lowest BCUT2D eigenvalue weighted by Crippen LogP contribution is -2.46. The average Bonchev–Trinajstić information content (AvgIpc) is 2.93. The molecule has 1 aliphatic rings. The van der Waals surface area contributed by atoms with Crippen molar-refractivity contribution >= 4 is 0 Å². The molecule has 1 aromatic rings. The van der Waals surface area contributed by atoms with Crippen molar-refractivity contribution in [2.24, 2.45) is 0 Å². The lowest BCUT2D eigenvalue weighted by molar-refractivity contribution is -1.09. The summed E-state index contributed by atoms with van der Waals surface area (Å²) in [5.41, 5.74) is 0.482. The number of phenolic OH excluding ortho intramolecular Hbond substituents is 1. The molecule has 1 fully saturated rings. The summed E-state index contributed by atoms with van der Waals surface area (Å²) < 4.78 is 11.9. The molecule has 5 nitrogen and oxygen atoms in total. The van der Waals surface area contributed by atoms with Crippen LogP contribution in [0.3, 0.4) is 0 Å². The van der Waals surface area contributed by atoms with E-state index in [2.05, 4.69) is 6.92 Å². The van der Waals surface area contributed by atoms with E-state index in [1.165, 1.54) is 0 Å². The minimum absolute atomic E-state index is 0.340. The van der Waals surface area contributed by atoms with Gasteiger partial charge in [-0.15, -0.1) is 0 Å². The monoisotopic (exact) mass is 324 g/mol. The van der Waals surface area contributed by atoms with E-state index in [9.17, 15) is 5.11 Å². The van der Waals surface area contributed by atoms with Gasteiger partial charge < -0.3 is 14.6 Å². The molecule has 0 aromatic heterocycles. The third-order valence-electron chi connectivity index (χ3n) is 4.04. The van der Waals surface area contributed by atoms with Crippen LogP contribution in [0.4, 0.5) is 0 Å². The van der Waals surface area contributed by atoms with Crippen LogP contribution in [0, 0.1) is 0 Å². The largest absolute Gasteiger partial charge is 0.508 e.